The van der Waals surface area contributed by atoms with Crippen LogP contribution in [0.4, 0.5) is 0 Å². The molecule has 0 aromatic heterocycles. The van der Waals surface area contributed by atoms with Gasteiger partial charge >= 0.3 is 0 Å². The fourth-order valence-electron chi connectivity index (χ4n) is 3.49. The first kappa shape index (κ1) is 22.2. The molecule has 0 N–H and O–H groups in total. The van der Waals surface area contributed by atoms with Crippen LogP contribution in [0, 0.1) is 0 Å². The third-order valence-electron chi connectivity index (χ3n) is 4.89. The maximum Gasteiger partial charge on any atom is 0.143 e. The molecular weight excluding hydrogens is 376 g/mol. The monoisotopic (exact) mass is 406 g/mol. The van der Waals surface area contributed by atoms with E-state index >= 15 is 0 Å². The number of ether oxygens (including phenoxy) is 4. The average Bonchev–Trinajstić information content (AvgIpc) is 2.82. The van der Waals surface area contributed by atoms with Crippen molar-refractivity contribution >= 4 is 0 Å². The van der Waals surface area contributed by atoms with Gasteiger partial charge in [-0.1, -0.05) is 91.0 Å². The lowest BCUT2D eigenvalue weighted by molar-refractivity contribution is -0.0357. The van der Waals surface area contributed by atoms with E-state index in [1.807, 2.05) is 54.6 Å². The van der Waals surface area contributed by atoms with E-state index in [-0.39, 0.29) is 0 Å². The SMILES string of the molecule is COCCOCCOCCOC(c1ccccc1)(c1ccccc1)c1ccccc1. The van der Waals surface area contributed by atoms with Crippen LogP contribution in [0.15, 0.2) is 91.0 Å². The number of rotatable bonds is 13. The summed E-state index contributed by atoms with van der Waals surface area (Å²) in [5, 5.41) is 0. The maximum atomic E-state index is 6.65. The van der Waals surface area contributed by atoms with Crippen LogP contribution < -0.4 is 0 Å². The number of methoxy groups -OCH3 is 1. The van der Waals surface area contributed by atoms with E-state index in [0.29, 0.717) is 39.6 Å². The number of hydrogen-bond acceptors (Lipinski definition) is 4. The maximum absolute atomic E-state index is 6.65. The standard InChI is InChI=1S/C26H30O4/c1-27-17-18-28-19-20-29-21-22-30-26(23-11-5-2-6-12-23,24-13-7-3-8-14-24)25-15-9-4-10-16-25/h2-16H,17-22H2,1H3. The lowest BCUT2D eigenvalue weighted by atomic mass is 9.80. The Labute approximate surface area is 179 Å². The normalized spacial score (nSPS) is 11.5. The molecule has 0 fully saturated rings. The molecule has 0 atom stereocenters. The zero-order chi connectivity index (χ0) is 20.9. The van der Waals surface area contributed by atoms with E-state index in [4.69, 9.17) is 18.9 Å². The Hall–Kier alpha value is -2.50. The summed E-state index contributed by atoms with van der Waals surface area (Å²) in [7, 11) is 1.66. The van der Waals surface area contributed by atoms with Crippen LogP contribution in [0.25, 0.3) is 0 Å². The molecule has 0 aliphatic rings. The largest absolute Gasteiger partial charge is 0.382 e. The summed E-state index contributed by atoms with van der Waals surface area (Å²) >= 11 is 0. The third kappa shape index (κ3) is 5.77. The van der Waals surface area contributed by atoms with Crippen molar-refractivity contribution in [3.63, 3.8) is 0 Å². The van der Waals surface area contributed by atoms with Gasteiger partial charge < -0.3 is 18.9 Å². The number of benzene rings is 3. The van der Waals surface area contributed by atoms with Crippen LogP contribution in [0.2, 0.25) is 0 Å². The predicted octanol–water partition coefficient (Wildman–Crippen LogP) is 4.67. The topological polar surface area (TPSA) is 36.9 Å². The Bertz CT molecular complexity index is 725. The lowest BCUT2D eigenvalue weighted by Crippen LogP contribution is -2.34. The van der Waals surface area contributed by atoms with Gasteiger partial charge in [0.25, 0.3) is 0 Å². The van der Waals surface area contributed by atoms with Crippen molar-refractivity contribution in [1.82, 2.24) is 0 Å². The lowest BCUT2D eigenvalue weighted by Gasteiger charge is -2.36. The van der Waals surface area contributed by atoms with Gasteiger partial charge in [-0.25, -0.2) is 0 Å². The first-order valence-electron chi connectivity index (χ1n) is 10.3. The van der Waals surface area contributed by atoms with E-state index in [0.717, 1.165) is 16.7 Å². The van der Waals surface area contributed by atoms with Crippen molar-refractivity contribution in [3.05, 3.63) is 108 Å². The summed E-state index contributed by atoms with van der Waals surface area (Å²) in [4.78, 5) is 0. The zero-order valence-electron chi connectivity index (χ0n) is 17.5. The molecule has 0 bridgehead atoms. The van der Waals surface area contributed by atoms with Crippen LogP contribution in [0.1, 0.15) is 16.7 Å². The highest BCUT2D eigenvalue weighted by Gasteiger charge is 2.37. The summed E-state index contributed by atoms with van der Waals surface area (Å²) in [6.07, 6.45) is 0. The fraction of sp³-hybridized carbons (Fsp3) is 0.308. The summed E-state index contributed by atoms with van der Waals surface area (Å²) in [5.41, 5.74) is 2.56. The molecule has 3 rings (SSSR count). The van der Waals surface area contributed by atoms with Crippen LogP contribution in [0.5, 0.6) is 0 Å². The van der Waals surface area contributed by atoms with Gasteiger partial charge in [0.1, 0.15) is 5.60 Å². The van der Waals surface area contributed by atoms with Gasteiger partial charge in [0.05, 0.1) is 39.6 Å². The second kappa shape index (κ2) is 12.3. The minimum absolute atomic E-state index is 0.455. The Morgan fingerprint density at radius 2 is 0.867 bits per heavy atom. The minimum atomic E-state index is -0.706. The van der Waals surface area contributed by atoms with Crippen molar-refractivity contribution in [2.45, 2.75) is 5.60 Å². The number of hydrogen-bond donors (Lipinski definition) is 0. The molecule has 4 heteroatoms. The first-order valence-corrected chi connectivity index (χ1v) is 10.3. The van der Waals surface area contributed by atoms with Gasteiger partial charge in [-0.2, -0.15) is 0 Å². The first-order chi connectivity index (χ1) is 14.9. The molecule has 0 radical (unpaired) electrons. The van der Waals surface area contributed by atoms with Gasteiger partial charge in [-0.15, -0.1) is 0 Å². The Balaban J connectivity index is 1.77. The molecular formula is C26H30O4. The Morgan fingerprint density at radius 3 is 1.27 bits per heavy atom. The van der Waals surface area contributed by atoms with Crippen LogP contribution in [-0.2, 0) is 24.5 Å². The van der Waals surface area contributed by atoms with Crippen LogP contribution >= 0.6 is 0 Å². The highest BCUT2D eigenvalue weighted by molar-refractivity contribution is 5.47. The van der Waals surface area contributed by atoms with E-state index in [1.54, 1.807) is 7.11 Å². The molecule has 3 aromatic rings. The molecule has 0 saturated carbocycles. The minimum Gasteiger partial charge on any atom is -0.382 e. The molecule has 3 aromatic carbocycles. The second-order valence-electron chi connectivity index (χ2n) is 6.85. The predicted molar refractivity (Wildman–Crippen MR) is 119 cm³/mol. The van der Waals surface area contributed by atoms with E-state index in [9.17, 15) is 0 Å². The van der Waals surface area contributed by atoms with E-state index in [2.05, 4.69) is 36.4 Å². The van der Waals surface area contributed by atoms with Gasteiger partial charge in [-0.3, -0.25) is 0 Å². The summed E-state index contributed by atoms with van der Waals surface area (Å²) in [6, 6.07) is 31.1. The third-order valence-corrected chi connectivity index (χ3v) is 4.89. The van der Waals surface area contributed by atoms with Gasteiger partial charge in [0.15, 0.2) is 0 Å². The molecule has 0 aliphatic heterocycles. The molecule has 0 spiro atoms. The summed E-state index contributed by atoms with van der Waals surface area (Å²) < 4.78 is 22.8. The molecule has 0 heterocycles. The summed E-state index contributed by atoms with van der Waals surface area (Å²) in [5.74, 6) is 0. The molecule has 0 unspecified atom stereocenters. The molecule has 0 aliphatic carbocycles. The highest BCUT2D eigenvalue weighted by Crippen LogP contribution is 2.40. The van der Waals surface area contributed by atoms with Gasteiger partial charge in [0, 0.05) is 7.11 Å². The molecule has 158 valence electrons. The molecule has 30 heavy (non-hydrogen) atoms. The van der Waals surface area contributed by atoms with Crippen molar-refractivity contribution in [1.29, 1.82) is 0 Å². The summed E-state index contributed by atoms with van der Waals surface area (Å²) in [6.45, 7) is 3.19. The fourth-order valence-corrected chi connectivity index (χ4v) is 3.49. The van der Waals surface area contributed by atoms with Crippen molar-refractivity contribution in [2.24, 2.45) is 0 Å². The van der Waals surface area contributed by atoms with Gasteiger partial charge in [-0.05, 0) is 16.7 Å². The quantitative estimate of drug-likeness (QED) is 0.305. The highest BCUT2D eigenvalue weighted by atomic mass is 16.6. The second-order valence-corrected chi connectivity index (χ2v) is 6.85. The Morgan fingerprint density at radius 1 is 0.500 bits per heavy atom. The van der Waals surface area contributed by atoms with E-state index < -0.39 is 5.60 Å². The van der Waals surface area contributed by atoms with Crippen molar-refractivity contribution in [3.8, 4) is 0 Å². The Kier molecular flexibility index (Phi) is 9.06. The van der Waals surface area contributed by atoms with Crippen LogP contribution in [-0.4, -0.2) is 46.8 Å². The smallest absolute Gasteiger partial charge is 0.143 e. The molecule has 4 nitrogen and oxygen atoms in total. The van der Waals surface area contributed by atoms with E-state index in [1.165, 1.54) is 0 Å². The van der Waals surface area contributed by atoms with Gasteiger partial charge in [0.2, 0.25) is 0 Å². The van der Waals surface area contributed by atoms with Crippen LogP contribution in [0.3, 0.4) is 0 Å². The van der Waals surface area contributed by atoms with Crippen molar-refractivity contribution < 1.29 is 18.9 Å². The molecule has 0 amide bonds. The average molecular weight is 407 g/mol. The van der Waals surface area contributed by atoms with Crippen molar-refractivity contribution in [2.75, 3.05) is 46.8 Å². The zero-order valence-corrected chi connectivity index (χ0v) is 17.5. The molecule has 0 saturated heterocycles.